The summed E-state index contributed by atoms with van der Waals surface area (Å²) in [5, 5.41) is 13.5. The van der Waals surface area contributed by atoms with Crippen LogP contribution in [-0.4, -0.2) is 28.1 Å². The van der Waals surface area contributed by atoms with E-state index in [0.29, 0.717) is 11.1 Å². The van der Waals surface area contributed by atoms with Crippen LogP contribution in [0.1, 0.15) is 36.0 Å². The van der Waals surface area contributed by atoms with E-state index in [9.17, 15) is 9.90 Å². The number of nitrogens with zero attached hydrogens (tertiary/aromatic N) is 1. The van der Waals surface area contributed by atoms with Crippen LogP contribution in [0.3, 0.4) is 0 Å². The maximum absolute atomic E-state index is 12.5. The fourth-order valence-corrected chi connectivity index (χ4v) is 2.88. The van der Waals surface area contributed by atoms with E-state index in [0.717, 1.165) is 31.1 Å². The average Bonchev–Trinajstić information content (AvgIpc) is 2.48. The fraction of sp³-hybridized carbons (Fsp3) is 0.375. The summed E-state index contributed by atoms with van der Waals surface area (Å²) in [6.45, 7) is 0. The van der Waals surface area contributed by atoms with E-state index in [1.807, 2.05) is 18.2 Å². The predicted octanol–water partition coefficient (Wildman–Crippen LogP) is 1.94. The summed E-state index contributed by atoms with van der Waals surface area (Å²) in [6, 6.07) is 9.15. The summed E-state index contributed by atoms with van der Waals surface area (Å²) < 4.78 is 0. The molecule has 5 nitrogen and oxygen atoms in total. The Bertz CT molecular complexity index is 664. The largest absolute Gasteiger partial charge is 0.493 e. The number of nitrogens with one attached hydrogen (secondary N) is 1. The lowest BCUT2D eigenvalue weighted by atomic mass is 9.91. The van der Waals surface area contributed by atoms with Gasteiger partial charge in [-0.05, 0) is 31.7 Å². The predicted molar refractivity (Wildman–Crippen MR) is 81.1 cm³/mol. The first-order valence-electron chi connectivity index (χ1n) is 7.28. The Hall–Kier alpha value is -2.14. The molecular weight excluding hydrogens is 266 g/mol. The van der Waals surface area contributed by atoms with Crippen molar-refractivity contribution in [1.82, 2.24) is 10.3 Å². The van der Waals surface area contributed by atoms with E-state index in [-0.39, 0.29) is 23.9 Å². The maximum Gasteiger partial charge on any atom is 0.252 e. The van der Waals surface area contributed by atoms with Crippen molar-refractivity contribution in [2.24, 2.45) is 5.73 Å². The molecule has 1 fully saturated rings. The number of nitrogens with two attached hydrogens (primary N) is 1. The van der Waals surface area contributed by atoms with Gasteiger partial charge < -0.3 is 16.2 Å². The van der Waals surface area contributed by atoms with Crippen LogP contribution in [0, 0.1) is 0 Å². The van der Waals surface area contributed by atoms with E-state index in [4.69, 9.17) is 5.73 Å². The molecule has 0 aliphatic heterocycles. The van der Waals surface area contributed by atoms with Crippen molar-refractivity contribution < 1.29 is 9.90 Å². The number of amides is 1. The van der Waals surface area contributed by atoms with E-state index >= 15 is 0 Å². The highest BCUT2D eigenvalue weighted by molar-refractivity contribution is 6.06. The molecule has 0 atom stereocenters. The SMILES string of the molecule is NC1CCC(NC(=O)c2cc(O)nc3ccccc23)CC1. The minimum absolute atomic E-state index is 0.135. The van der Waals surface area contributed by atoms with Gasteiger partial charge in [-0.25, -0.2) is 4.98 Å². The molecule has 110 valence electrons. The van der Waals surface area contributed by atoms with Crippen LogP contribution in [0.5, 0.6) is 5.88 Å². The Kier molecular flexibility index (Phi) is 3.75. The summed E-state index contributed by atoms with van der Waals surface area (Å²) >= 11 is 0. The third-order valence-electron chi connectivity index (χ3n) is 4.05. The normalized spacial score (nSPS) is 22.1. The Balaban J connectivity index is 1.84. The number of fused-ring (bicyclic) bond motifs is 1. The minimum Gasteiger partial charge on any atom is -0.493 e. The van der Waals surface area contributed by atoms with Crippen LogP contribution in [-0.2, 0) is 0 Å². The van der Waals surface area contributed by atoms with Crippen molar-refractivity contribution >= 4 is 16.8 Å². The smallest absolute Gasteiger partial charge is 0.252 e. The molecule has 1 aliphatic carbocycles. The highest BCUT2D eigenvalue weighted by atomic mass is 16.3. The summed E-state index contributed by atoms with van der Waals surface area (Å²) in [6.07, 6.45) is 3.68. The monoisotopic (exact) mass is 285 g/mol. The van der Waals surface area contributed by atoms with E-state index < -0.39 is 0 Å². The zero-order valence-electron chi connectivity index (χ0n) is 11.7. The first kappa shape index (κ1) is 13.8. The third-order valence-corrected chi connectivity index (χ3v) is 4.05. The quantitative estimate of drug-likeness (QED) is 0.786. The van der Waals surface area contributed by atoms with Crippen molar-refractivity contribution in [2.75, 3.05) is 0 Å². The number of carbonyl (C=O) groups excluding carboxylic acids is 1. The molecule has 1 heterocycles. The lowest BCUT2D eigenvalue weighted by Crippen LogP contribution is -2.40. The van der Waals surface area contributed by atoms with Gasteiger partial charge in [0, 0.05) is 23.5 Å². The van der Waals surface area contributed by atoms with Gasteiger partial charge in [0.25, 0.3) is 5.91 Å². The van der Waals surface area contributed by atoms with Gasteiger partial charge in [-0.2, -0.15) is 0 Å². The Labute approximate surface area is 123 Å². The zero-order valence-corrected chi connectivity index (χ0v) is 11.7. The molecule has 0 unspecified atom stereocenters. The number of hydrogen-bond acceptors (Lipinski definition) is 4. The van der Waals surface area contributed by atoms with Gasteiger partial charge in [0.1, 0.15) is 0 Å². The number of benzene rings is 1. The molecule has 21 heavy (non-hydrogen) atoms. The molecule has 1 aliphatic rings. The van der Waals surface area contributed by atoms with Crippen molar-refractivity contribution in [3.8, 4) is 5.88 Å². The molecule has 4 N–H and O–H groups in total. The fourth-order valence-electron chi connectivity index (χ4n) is 2.88. The Morgan fingerprint density at radius 2 is 1.95 bits per heavy atom. The highest BCUT2D eigenvalue weighted by Crippen LogP contribution is 2.22. The first-order valence-corrected chi connectivity index (χ1v) is 7.28. The maximum atomic E-state index is 12.5. The summed E-state index contributed by atoms with van der Waals surface area (Å²) in [7, 11) is 0. The highest BCUT2D eigenvalue weighted by Gasteiger charge is 2.21. The lowest BCUT2D eigenvalue weighted by molar-refractivity contribution is 0.0927. The molecule has 0 radical (unpaired) electrons. The molecule has 0 spiro atoms. The molecule has 5 heteroatoms. The molecule has 0 saturated heterocycles. The average molecular weight is 285 g/mol. The van der Waals surface area contributed by atoms with E-state index in [2.05, 4.69) is 10.3 Å². The number of pyridine rings is 1. The van der Waals surface area contributed by atoms with Gasteiger partial charge in [-0.15, -0.1) is 0 Å². The van der Waals surface area contributed by atoms with Gasteiger partial charge in [0.15, 0.2) is 0 Å². The van der Waals surface area contributed by atoms with Crippen molar-refractivity contribution in [1.29, 1.82) is 0 Å². The molecule has 1 amide bonds. The lowest BCUT2D eigenvalue weighted by Gasteiger charge is -2.27. The molecule has 1 aromatic heterocycles. The van der Waals surface area contributed by atoms with Crippen LogP contribution in [0.2, 0.25) is 0 Å². The van der Waals surface area contributed by atoms with Crippen LogP contribution in [0.4, 0.5) is 0 Å². The first-order chi connectivity index (χ1) is 10.1. The number of rotatable bonds is 2. The standard InChI is InChI=1S/C16H19N3O2/c17-10-5-7-11(8-6-10)18-16(21)13-9-15(20)19-14-4-2-1-3-12(13)14/h1-4,9-11H,5-8,17H2,(H,18,21)(H,19,20). The van der Waals surface area contributed by atoms with Crippen LogP contribution in [0.15, 0.2) is 30.3 Å². The number of para-hydroxylation sites is 1. The van der Waals surface area contributed by atoms with Gasteiger partial charge >= 0.3 is 0 Å². The number of aromatic hydroxyl groups is 1. The zero-order chi connectivity index (χ0) is 14.8. The van der Waals surface area contributed by atoms with E-state index in [1.165, 1.54) is 6.07 Å². The Morgan fingerprint density at radius 1 is 1.24 bits per heavy atom. The summed E-state index contributed by atoms with van der Waals surface area (Å²) in [5.41, 5.74) is 6.96. The Morgan fingerprint density at radius 3 is 2.71 bits per heavy atom. The van der Waals surface area contributed by atoms with Gasteiger partial charge in [0.05, 0.1) is 11.1 Å². The molecule has 1 saturated carbocycles. The van der Waals surface area contributed by atoms with E-state index in [1.54, 1.807) is 6.07 Å². The van der Waals surface area contributed by atoms with Crippen molar-refractivity contribution in [3.05, 3.63) is 35.9 Å². The van der Waals surface area contributed by atoms with Gasteiger partial charge in [0.2, 0.25) is 5.88 Å². The number of hydrogen-bond donors (Lipinski definition) is 3. The molecule has 0 bridgehead atoms. The van der Waals surface area contributed by atoms with Crippen LogP contribution >= 0.6 is 0 Å². The second kappa shape index (κ2) is 5.69. The number of aromatic nitrogens is 1. The molecule has 3 rings (SSSR count). The van der Waals surface area contributed by atoms with Crippen molar-refractivity contribution in [2.45, 2.75) is 37.8 Å². The third kappa shape index (κ3) is 2.97. The molecule has 1 aromatic carbocycles. The number of carbonyl (C=O) groups is 1. The summed E-state index contributed by atoms with van der Waals surface area (Å²) in [5.74, 6) is -0.297. The topological polar surface area (TPSA) is 88.2 Å². The second-order valence-corrected chi connectivity index (χ2v) is 5.63. The van der Waals surface area contributed by atoms with Crippen LogP contribution < -0.4 is 11.1 Å². The minimum atomic E-state index is -0.163. The van der Waals surface area contributed by atoms with Gasteiger partial charge in [-0.1, -0.05) is 18.2 Å². The molecule has 2 aromatic rings. The molecular formula is C16H19N3O2. The van der Waals surface area contributed by atoms with Crippen LogP contribution in [0.25, 0.3) is 10.9 Å². The van der Waals surface area contributed by atoms with Crippen molar-refractivity contribution in [3.63, 3.8) is 0 Å². The summed E-state index contributed by atoms with van der Waals surface area (Å²) in [4.78, 5) is 16.5. The van der Waals surface area contributed by atoms with Gasteiger partial charge in [-0.3, -0.25) is 4.79 Å². The second-order valence-electron chi connectivity index (χ2n) is 5.63.